The highest BCUT2D eigenvalue weighted by atomic mass is 32.2. The van der Waals surface area contributed by atoms with Crippen LogP contribution in [0.3, 0.4) is 0 Å². The molecule has 1 aliphatic rings. The summed E-state index contributed by atoms with van der Waals surface area (Å²) >= 11 is 4.58. The molecule has 3 heterocycles. The Labute approximate surface area is 199 Å². The highest BCUT2D eigenvalue weighted by Crippen LogP contribution is 2.40. The number of carbonyl (C=O) groups excluding carboxylic acids is 2. The van der Waals surface area contributed by atoms with E-state index in [0.717, 1.165) is 37.8 Å². The quantitative estimate of drug-likeness (QED) is 0.346. The van der Waals surface area contributed by atoms with Gasteiger partial charge in [-0.05, 0) is 55.5 Å². The second-order valence-electron chi connectivity index (χ2n) is 7.75. The summed E-state index contributed by atoms with van der Waals surface area (Å²) in [4.78, 5) is 27.9. The normalized spacial score (nSPS) is 15.4. The molecule has 1 amide bonds. The minimum atomic E-state index is -0.351. The Morgan fingerprint density at radius 2 is 2.28 bits per heavy atom. The van der Waals surface area contributed by atoms with Crippen molar-refractivity contribution in [2.24, 2.45) is 5.92 Å². The third-order valence-electron chi connectivity index (χ3n) is 5.34. The Balaban J connectivity index is 1.40. The third kappa shape index (κ3) is 5.41. The van der Waals surface area contributed by atoms with E-state index >= 15 is 0 Å². The Hall–Kier alpha value is -2.17. The maximum atomic E-state index is 12.7. The zero-order valence-electron chi connectivity index (χ0n) is 18.1. The van der Waals surface area contributed by atoms with Crippen molar-refractivity contribution >= 4 is 51.3 Å². The number of nitrogens with one attached hydrogen (secondary N) is 1. The number of thioether (sulfide) groups is 1. The van der Waals surface area contributed by atoms with E-state index in [1.807, 2.05) is 10.6 Å². The zero-order valence-corrected chi connectivity index (χ0v) is 20.6. The monoisotopic (exact) mass is 490 g/mol. The van der Waals surface area contributed by atoms with Gasteiger partial charge in [0.1, 0.15) is 11.3 Å². The van der Waals surface area contributed by atoms with E-state index in [1.165, 1.54) is 32.9 Å². The molecule has 4 rings (SSSR count). The first-order valence-corrected chi connectivity index (χ1v) is 13.4. The lowest BCUT2D eigenvalue weighted by Crippen LogP contribution is -2.18. The van der Waals surface area contributed by atoms with Crippen LogP contribution in [0.4, 0.5) is 5.00 Å². The number of aromatic nitrogens is 3. The highest BCUT2D eigenvalue weighted by molar-refractivity contribution is 7.99. The fourth-order valence-electron chi connectivity index (χ4n) is 3.75. The molecule has 170 valence electrons. The van der Waals surface area contributed by atoms with Gasteiger partial charge in [0.05, 0.1) is 17.9 Å². The first-order chi connectivity index (χ1) is 15.5. The molecular weight excluding hydrogens is 464 g/mol. The Morgan fingerprint density at radius 3 is 3.06 bits per heavy atom. The number of carbonyl (C=O) groups is 2. The van der Waals surface area contributed by atoms with Crippen molar-refractivity contribution in [3.05, 3.63) is 44.7 Å². The lowest BCUT2D eigenvalue weighted by atomic mass is 9.88. The summed E-state index contributed by atoms with van der Waals surface area (Å²) < 4.78 is 7.25. The highest BCUT2D eigenvalue weighted by Gasteiger charge is 2.29. The van der Waals surface area contributed by atoms with E-state index in [0.29, 0.717) is 28.2 Å². The first-order valence-electron chi connectivity index (χ1n) is 10.7. The van der Waals surface area contributed by atoms with Crippen molar-refractivity contribution in [1.29, 1.82) is 0 Å². The summed E-state index contributed by atoms with van der Waals surface area (Å²) in [5.74, 6) is 0.255. The number of anilines is 1. The van der Waals surface area contributed by atoms with Gasteiger partial charge in [-0.3, -0.25) is 4.79 Å². The van der Waals surface area contributed by atoms with Crippen LogP contribution in [-0.4, -0.2) is 39.0 Å². The fourth-order valence-corrected chi connectivity index (χ4v) is 6.60. The molecular formula is C22H26N4O3S3. The van der Waals surface area contributed by atoms with Gasteiger partial charge in [0.25, 0.3) is 0 Å². The number of hydrogen-bond acceptors (Lipinski definition) is 8. The summed E-state index contributed by atoms with van der Waals surface area (Å²) in [5.41, 5.74) is 1.58. The van der Waals surface area contributed by atoms with Crippen molar-refractivity contribution < 1.29 is 14.3 Å². The molecule has 7 nitrogen and oxygen atoms in total. The van der Waals surface area contributed by atoms with E-state index in [4.69, 9.17) is 4.74 Å². The first kappa shape index (κ1) is 23.0. The van der Waals surface area contributed by atoms with Crippen LogP contribution < -0.4 is 5.32 Å². The number of nitrogens with zero attached hydrogens (tertiary/aromatic N) is 3. The molecule has 1 atom stereocenters. The lowest BCUT2D eigenvalue weighted by molar-refractivity contribution is -0.113. The molecule has 0 spiro atoms. The van der Waals surface area contributed by atoms with Crippen LogP contribution in [0.1, 0.15) is 45.9 Å². The number of hydrogen-bond donors (Lipinski definition) is 1. The second-order valence-corrected chi connectivity index (χ2v) is 10.8. The molecule has 0 bridgehead atoms. The fraction of sp³-hybridized carbons (Fsp3) is 0.455. The molecule has 1 unspecified atom stereocenters. The van der Waals surface area contributed by atoms with Crippen LogP contribution in [0, 0.1) is 5.92 Å². The van der Waals surface area contributed by atoms with Crippen LogP contribution in [-0.2, 0) is 35.3 Å². The van der Waals surface area contributed by atoms with Gasteiger partial charge >= 0.3 is 5.97 Å². The van der Waals surface area contributed by atoms with Crippen molar-refractivity contribution in [1.82, 2.24) is 14.8 Å². The molecule has 3 aromatic heterocycles. The van der Waals surface area contributed by atoms with Crippen LogP contribution in [0.25, 0.3) is 0 Å². The van der Waals surface area contributed by atoms with Gasteiger partial charge in [-0.2, -0.15) is 0 Å². The van der Waals surface area contributed by atoms with Gasteiger partial charge in [0.15, 0.2) is 5.16 Å². The van der Waals surface area contributed by atoms with Gasteiger partial charge < -0.3 is 14.6 Å². The molecule has 0 fully saturated rings. The predicted molar refractivity (Wildman–Crippen MR) is 129 cm³/mol. The topological polar surface area (TPSA) is 86.1 Å². The maximum Gasteiger partial charge on any atom is 0.341 e. The standard InChI is InChI=1S/C22H26N4O3S3/c1-3-29-21(28)19-16-7-6-14(2)11-17(16)32-20(19)24-18(27)12-31-22-25-23-13-26(22)9-8-15-5-4-10-30-15/h4-5,10,13-14H,3,6-9,11-12H2,1-2H3,(H,24,27). The Bertz CT molecular complexity index is 1070. The molecule has 10 heteroatoms. The number of esters is 1. The number of fused-ring (bicyclic) bond motifs is 1. The van der Waals surface area contributed by atoms with E-state index in [9.17, 15) is 9.59 Å². The number of amides is 1. The maximum absolute atomic E-state index is 12.7. The van der Waals surface area contributed by atoms with E-state index in [-0.39, 0.29) is 17.6 Å². The number of aryl methyl sites for hydroxylation is 2. The van der Waals surface area contributed by atoms with Crippen molar-refractivity contribution in [3.63, 3.8) is 0 Å². The predicted octanol–water partition coefficient (Wildman–Crippen LogP) is 4.68. The van der Waals surface area contributed by atoms with Gasteiger partial charge in [0, 0.05) is 16.3 Å². The minimum absolute atomic E-state index is 0.167. The van der Waals surface area contributed by atoms with E-state index < -0.39 is 0 Å². The summed E-state index contributed by atoms with van der Waals surface area (Å²) in [6.45, 7) is 5.09. The van der Waals surface area contributed by atoms with Crippen molar-refractivity contribution in [2.45, 2.75) is 51.2 Å². The average molecular weight is 491 g/mol. The van der Waals surface area contributed by atoms with Crippen LogP contribution in [0.15, 0.2) is 29.0 Å². The zero-order chi connectivity index (χ0) is 22.5. The molecule has 0 saturated heterocycles. The number of ether oxygens (including phenoxy) is 1. The molecule has 1 aliphatic carbocycles. The van der Waals surface area contributed by atoms with Crippen molar-refractivity contribution in [2.75, 3.05) is 17.7 Å². The second kappa shape index (κ2) is 10.6. The molecule has 1 N–H and O–H groups in total. The molecule has 0 aliphatic heterocycles. The summed E-state index contributed by atoms with van der Waals surface area (Å²) in [5, 5.41) is 14.5. The SMILES string of the molecule is CCOC(=O)c1c(NC(=O)CSc2nncn2CCc2cccs2)sc2c1CCC(C)C2. The average Bonchev–Trinajstić information content (AvgIpc) is 3.50. The van der Waals surface area contributed by atoms with Crippen LogP contribution in [0.2, 0.25) is 0 Å². The third-order valence-corrected chi connectivity index (χ3v) is 8.42. The minimum Gasteiger partial charge on any atom is -0.462 e. The Morgan fingerprint density at radius 1 is 1.41 bits per heavy atom. The van der Waals surface area contributed by atoms with Gasteiger partial charge in [0.2, 0.25) is 5.91 Å². The molecule has 0 radical (unpaired) electrons. The largest absolute Gasteiger partial charge is 0.462 e. The van der Waals surface area contributed by atoms with Gasteiger partial charge in [-0.15, -0.1) is 32.9 Å². The smallest absolute Gasteiger partial charge is 0.341 e. The molecule has 0 aromatic carbocycles. The number of thiophene rings is 2. The molecule has 32 heavy (non-hydrogen) atoms. The van der Waals surface area contributed by atoms with Crippen LogP contribution >= 0.6 is 34.4 Å². The van der Waals surface area contributed by atoms with E-state index in [2.05, 4.69) is 33.9 Å². The summed E-state index contributed by atoms with van der Waals surface area (Å²) in [6, 6.07) is 4.15. The lowest BCUT2D eigenvalue weighted by Gasteiger charge is -2.18. The summed E-state index contributed by atoms with van der Waals surface area (Å²) in [7, 11) is 0. The van der Waals surface area contributed by atoms with E-state index in [1.54, 1.807) is 24.6 Å². The molecule has 0 saturated carbocycles. The van der Waals surface area contributed by atoms with Crippen molar-refractivity contribution in [3.8, 4) is 0 Å². The summed E-state index contributed by atoms with van der Waals surface area (Å²) in [6.07, 6.45) is 5.42. The molecule has 3 aromatic rings. The van der Waals surface area contributed by atoms with Crippen LogP contribution in [0.5, 0.6) is 0 Å². The number of rotatable bonds is 9. The Kier molecular flexibility index (Phi) is 7.64. The van der Waals surface area contributed by atoms with Gasteiger partial charge in [-0.1, -0.05) is 24.8 Å². The van der Waals surface area contributed by atoms with Gasteiger partial charge in [-0.25, -0.2) is 4.79 Å².